The Morgan fingerprint density at radius 3 is 1.75 bits per heavy atom. The quantitative estimate of drug-likeness (QED) is 0.553. The highest BCUT2D eigenvalue weighted by molar-refractivity contribution is 6.17. The van der Waals surface area contributed by atoms with Crippen molar-refractivity contribution in [3.05, 3.63) is 59.7 Å². The molecule has 2 aliphatic carbocycles. The largest absolute Gasteiger partial charge is 0.490 e. The Hall–Kier alpha value is -1.71. The summed E-state index contributed by atoms with van der Waals surface area (Å²) in [7, 11) is 0. The van der Waals surface area contributed by atoms with Gasteiger partial charge in [-0.2, -0.15) is 0 Å². The minimum Gasteiger partial charge on any atom is -0.490 e. The summed E-state index contributed by atoms with van der Waals surface area (Å²) in [5.74, 6) is 3.88. The smallest absolute Gasteiger partial charge is 0.120 e. The van der Waals surface area contributed by atoms with Crippen LogP contribution in [0.25, 0.3) is 0 Å². The van der Waals surface area contributed by atoms with Crippen molar-refractivity contribution in [1.82, 2.24) is 0 Å². The summed E-state index contributed by atoms with van der Waals surface area (Å²) in [6.07, 6.45) is 5.87. The Bertz CT molecular complexity index is 677. The Morgan fingerprint density at radius 1 is 0.857 bits per heavy atom. The maximum Gasteiger partial charge on any atom is 0.120 e. The topological polar surface area (TPSA) is 38.7 Å². The first kappa shape index (κ1) is 21.0. The lowest BCUT2D eigenvalue weighted by Crippen LogP contribution is -2.13. The van der Waals surface area contributed by atoms with Gasteiger partial charge in [0, 0.05) is 5.88 Å². The molecule has 0 aromatic heterocycles. The van der Waals surface area contributed by atoms with Gasteiger partial charge in [-0.3, -0.25) is 0 Å². The van der Waals surface area contributed by atoms with E-state index in [0.29, 0.717) is 18.1 Å². The highest BCUT2D eigenvalue weighted by atomic mass is 35.5. The maximum absolute atomic E-state index is 8.96. The molecule has 0 radical (unpaired) electrons. The second kappa shape index (κ2) is 10.2. The van der Waals surface area contributed by atoms with Crippen molar-refractivity contribution in [3.8, 4) is 11.5 Å². The number of ether oxygens (including phenoxy) is 2. The van der Waals surface area contributed by atoms with Crippen LogP contribution in [-0.2, 0) is 12.5 Å². The standard InChI is InChI=1S/C12H15ClO.C12H16O2/c2*1-9(11-5-6-11)14-12-4-2-3-10(7-12)8-13/h2-4,7,9,11H,5-6,8H2,1H3;2-4,7,9,11,13H,5-6,8H2,1H3. The lowest BCUT2D eigenvalue weighted by atomic mass is 10.2. The van der Waals surface area contributed by atoms with Crippen molar-refractivity contribution in [2.75, 3.05) is 0 Å². The molecule has 0 amide bonds. The van der Waals surface area contributed by atoms with E-state index in [9.17, 15) is 0 Å². The SMILES string of the molecule is CC(Oc1cccc(CCl)c1)C1CC1.CC(Oc1cccc(CO)c1)C1CC1. The zero-order chi connectivity index (χ0) is 19.9. The van der Waals surface area contributed by atoms with Crippen LogP contribution in [0.5, 0.6) is 11.5 Å². The Balaban J connectivity index is 0.000000161. The van der Waals surface area contributed by atoms with E-state index in [1.807, 2.05) is 48.5 Å². The zero-order valence-electron chi connectivity index (χ0n) is 16.8. The number of hydrogen-bond donors (Lipinski definition) is 1. The molecule has 2 aromatic rings. The van der Waals surface area contributed by atoms with E-state index in [-0.39, 0.29) is 6.61 Å². The summed E-state index contributed by atoms with van der Waals surface area (Å²) in [5, 5.41) is 8.96. The third-order valence-corrected chi connectivity index (χ3v) is 5.66. The van der Waals surface area contributed by atoms with Gasteiger partial charge in [-0.15, -0.1) is 11.6 Å². The lowest BCUT2D eigenvalue weighted by molar-refractivity contribution is 0.197. The molecule has 0 heterocycles. The molecule has 2 fully saturated rings. The Kier molecular flexibility index (Phi) is 7.64. The first-order valence-corrected chi connectivity index (χ1v) is 10.8. The number of halogens is 1. The number of aliphatic hydroxyl groups is 1. The average molecular weight is 403 g/mol. The molecule has 3 nitrogen and oxygen atoms in total. The number of rotatable bonds is 8. The zero-order valence-corrected chi connectivity index (χ0v) is 17.6. The number of aliphatic hydroxyl groups excluding tert-OH is 1. The molecule has 152 valence electrons. The van der Waals surface area contributed by atoms with E-state index in [2.05, 4.69) is 13.8 Å². The lowest BCUT2D eigenvalue weighted by Gasteiger charge is -2.14. The normalized spacial score (nSPS) is 17.9. The van der Waals surface area contributed by atoms with Crippen molar-refractivity contribution in [2.45, 2.75) is 64.2 Å². The van der Waals surface area contributed by atoms with Gasteiger partial charge in [0.25, 0.3) is 0 Å². The third-order valence-electron chi connectivity index (χ3n) is 5.35. The minimum atomic E-state index is 0.0784. The fraction of sp³-hybridized carbons (Fsp3) is 0.500. The molecule has 4 rings (SSSR count). The van der Waals surface area contributed by atoms with Gasteiger partial charge >= 0.3 is 0 Å². The first-order valence-electron chi connectivity index (χ1n) is 10.3. The van der Waals surface area contributed by atoms with Crippen molar-refractivity contribution in [2.24, 2.45) is 11.8 Å². The second-order valence-corrected chi connectivity index (χ2v) is 8.17. The molecule has 0 aliphatic heterocycles. The van der Waals surface area contributed by atoms with Gasteiger partial charge in [0.05, 0.1) is 18.8 Å². The fourth-order valence-electron chi connectivity index (χ4n) is 3.17. The second-order valence-electron chi connectivity index (χ2n) is 7.91. The molecular weight excluding hydrogens is 372 g/mol. The summed E-state index contributed by atoms with van der Waals surface area (Å²) in [6.45, 7) is 4.34. The monoisotopic (exact) mass is 402 g/mol. The third kappa shape index (κ3) is 6.72. The van der Waals surface area contributed by atoms with Crippen LogP contribution in [0.2, 0.25) is 0 Å². The summed E-state index contributed by atoms with van der Waals surface area (Å²) >= 11 is 5.75. The highest BCUT2D eigenvalue weighted by Gasteiger charge is 2.30. The van der Waals surface area contributed by atoms with Crippen LogP contribution in [-0.4, -0.2) is 17.3 Å². The molecule has 2 unspecified atom stereocenters. The van der Waals surface area contributed by atoms with E-state index in [1.165, 1.54) is 25.7 Å². The van der Waals surface area contributed by atoms with Gasteiger partial charge in [-0.05, 0) is 86.8 Å². The van der Waals surface area contributed by atoms with Gasteiger partial charge in [0.2, 0.25) is 0 Å². The van der Waals surface area contributed by atoms with E-state index in [1.54, 1.807) is 0 Å². The van der Waals surface area contributed by atoms with Crippen molar-refractivity contribution >= 4 is 11.6 Å². The Labute approximate surface area is 173 Å². The summed E-state index contributed by atoms with van der Waals surface area (Å²) in [5.41, 5.74) is 2.03. The predicted octanol–water partition coefficient (Wildman–Crippen LogP) is 5.96. The molecule has 2 saturated carbocycles. The van der Waals surface area contributed by atoms with Crippen LogP contribution in [0.1, 0.15) is 50.7 Å². The number of benzene rings is 2. The van der Waals surface area contributed by atoms with Gasteiger partial charge in [-0.25, -0.2) is 0 Å². The van der Waals surface area contributed by atoms with Crippen LogP contribution >= 0.6 is 11.6 Å². The molecule has 28 heavy (non-hydrogen) atoms. The first-order chi connectivity index (χ1) is 13.6. The van der Waals surface area contributed by atoms with Crippen LogP contribution in [0.3, 0.4) is 0 Å². The Morgan fingerprint density at radius 2 is 1.32 bits per heavy atom. The van der Waals surface area contributed by atoms with E-state index in [4.69, 9.17) is 26.2 Å². The van der Waals surface area contributed by atoms with Gasteiger partial charge in [0.1, 0.15) is 11.5 Å². The molecular formula is C24H31ClO3. The number of hydrogen-bond acceptors (Lipinski definition) is 3. The molecule has 2 atom stereocenters. The van der Waals surface area contributed by atoms with Crippen molar-refractivity contribution in [1.29, 1.82) is 0 Å². The summed E-state index contributed by atoms with van der Waals surface area (Å²) < 4.78 is 11.6. The highest BCUT2D eigenvalue weighted by Crippen LogP contribution is 2.35. The average Bonchev–Trinajstić information content (AvgIpc) is 3.60. The number of alkyl halides is 1. The van der Waals surface area contributed by atoms with E-state index < -0.39 is 0 Å². The van der Waals surface area contributed by atoms with E-state index >= 15 is 0 Å². The molecule has 0 saturated heterocycles. The maximum atomic E-state index is 8.96. The molecule has 0 bridgehead atoms. The fourth-order valence-corrected chi connectivity index (χ4v) is 3.34. The molecule has 4 heteroatoms. The molecule has 2 aromatic carbocycles. The summed E-state index contributed by atoms with van der Waals surface area (Å²) in [6, 6.07) is 15.7. The van der Waals surface area contributed by atoms with Gasteiger partial charge < -0.3 is 14.6 Å². The van der Waals surface area contributed by atoms with Crippen LogP contribution in [0.15, 0.2) is 48.5 Å². The minimum absolute atomic E-state index is 0.0784. The van der Waals surface area contributed by atoms with Crippen LogP contribution in [0.4, 0.5) is 0 Å². The van der Waals surface area contributed by atoms with Crippen molar-refractivity contribution < 1.29 is 14.6 Å². The van der Waals surface area contributed by atoms with Crippen molar-refractivity contribution in [3.63, 3.8) is 0 Å². The predicted molar refractivity (Wildman–Crippen MR) is 114 cm³/mol. The molecule has 1 N–H and O–H groups in total. The van der Waals surface area contributed by atoms with Gasteiger partial charge in [0.15, 0.2) is 0 Å². The van der Waals surface area contributed by atoms with E-state index in [0.717, 1.165) is 34.5 Å². The van der Waals surface area contributed by atoms with Gasteiger partial charge in [-0.1, -0.05) is 24.3 Å². The molecule has 0 spiro atoms. The van der Waals surface area contributed by atoms with Crippen LogP contribution < -0.4 is 9.47 Å². The summed E-state index contributed by atoms with van der Waals surface area (Å²) in [4.78, 5) is 0. The van der Waals surface area contributed by atoms with Crippen LogP contribution in [0, 0.1) is 11.8 Å². The molecule has 2 aliphatic rings.